The average molecular weight is 401 g/mol. The number of Topliss-reactive ketones (excluding diaryl/α,β-unsaturated/α-hetero) is 1. The molecule has 0 amide bonds. The molecule has 148 valence electrons. The highest BCUT2D eigenvalue weighted by Gasteiger charge is 2.33. The SMILES string of the molecule is CCNC(=S)[C@H](C(=O)c1cccc([N+](=O)[O-])c1)[n+]1ccc(C(CC)CC)cc1. The molecule has 7 heteroatoms. The van der Waals surface area contributed by atoms with Crippen LogP contribution >= 0.6 is 12.2 Å². The lowest BCUT2D eigenvalue weighted by molar-refractivity contribution is -0.692. The summed E-state index contributed by atoms with van der Waals surface area (Å²) in [7, 11) is 0. The number of ketones is 1. The number of benzene rings is 1. The van der Waals surface area contributed by atoms with Crippen LogP contribution in [0.15, 0.2) is 48.8 Å². The van der Waals surface area contributed by atoms with Crippen LogP contribution in [0.3, 0.4) is 0 Å². The van der Waals surface area contributed by atoms with Crippen molar-refractivity contribution in [2.75, 3.05) is 6.54 Å². The maximum absolute atomic E-state index is 13.2. The molecule has 0 aliphatic heterocycles. The van der Waals surface area contributed by atoms with Gasteiger partial charge in [0.1, 0.15) is 0 Å². The van der Waals surface area contributed by atoms with E-state index in [-0.39, 0.29) is 17.0 Å². The van der Waals surface area contributed by atoms with Gasteiger partial charge in [-0.05, 0) is 31.2 Å². The van der Waals surface area contributed by atoms with Gasteiger partial charge in [0.15, 0.2) is 17.4 Å². The molecule has 2 aromatic rings. The fraction of sp³-hybridized carbons (Fsp3) is 0.381. The van der Waals surface area contributed by atoms with Gasteiger partial charge in [-0.3, -0.25) is 14.9 Å². The number of hydrogen-bond donors (Lipinski definition) is 1. The topological polar surface area (TPSA) is 76.1 Å². The van der Waals surface area contributed by atoms with Crippen molar-refractivity contribution in [1.82, 2.24) is 5.32 Å². The van der Waals surface area contributed by atoms with Gasteiger partial charge in [-0.1, -0.05) is 38.2 Å². The monoisotopic (exact) mass is 400 g/mol. The third kappa shape index (κ3) is 4.98. The van der Waals surface area contributed by atoms with E-state index in [1.54, 1.807) is 10.6 Å². The Morgan fingerprint density at radius 2 is 1.82 bits per heavy atom. The Labute approximate surface area is 170 Å². The highest BCUT2D eigenvalue weighted by Crippen LogP contribution is 2.22. The van der Waals surface area contributed by atoms with Crippen LogP contribution < -0.4 is 9.88 Å². The van der Waals surface area contributed by atoms with Crippen LogP contribution in [-0.2, 0) is 0 Å². The highest BCUT2D eigenvalue weighted by atomic mass is 32.1. The van der Waals surface area contributed by atoms with E-state index in [0.29, 0.717) is 17.5 Å². The molecule has 28 heavy (non-hydrogen) atoms. The number of hydrogen-bond acceptors (Lipinski definition) is 4. The molecule has 1 aromatic heterocycles. The molecule has 0 fully saturated rings. The lowest BCUT2D eigenvalue weighted by Crippen LogP contribution is -2.51. The molecule has 0 spiro atoms. The smallest absolute Gasteiger partial charge is 0.270 e. The third-order valence-electron chi connectivity index (χ3n) is 4.82. The van der Waals surface area contributed by atoms with Crippen molar-refractivity contribution in [3.05, 3.63) is 70.0 Å². The van der Waals surface area contributed by atoms with Gasteiger partial charge in [-0.2, -0.15) is 4.57 Å². The van der Waals surface area contributed by atoms with Crippen LogP contribution in [0, 0.1) is 10.1 Å². The largest absolute Gasteiger partial charge is 0.374 e. The normalized spacial score (nSPS) is 11.9. The number of nitrogens with zero attached hydrogens (tertiary/aromatic N) is 2. The van der Waals surface area contributed by atoms with Crippen LogP contribution in [0.5, 0.6) is 0 Å². The Bertz CT molecular complexity index is 848. The van der Waals surface area contributed by atoms with Gasteiger partial charge in [0.05, 0.1) is 4.92 Å². The van der Waals surface area contributed by atoms with Crippen molar-refractivity contribution in [2.24, 2.45) is 0 Å². The maximum Gasteiger partial charge on any atom is 0.270 e. The van der Waals surface area contributed by atoms with Gasteiger partial charge < -0.3 is 5.32 Å². The van der Waals surface area contributed by atoms with Crippen molar-refractivity contribution in [1.29, 1.82) is 0 Å². The van der Waals surface area contributed by atoms with E-state index in [9.17, 15) is 14.9 Å². The molecule has 0 unspecified atom stereocenters. The molecule has 2 rings (SSSR count). The van der Waals surface area contributed by atoms with Gasteiger partial charge >= 0.3 is 0 Å². The van der Waals surface area contributed by atoms with Gasteiger partial charge in [-0.15, -0.1) is 0 Å². The number of aromatic nitrogens is 1. The minimum absolute atomic E-state index is 0.118. The van der Waals surface area contributed by atoms with E-state index in [1.807, 2.05) is 31.5 Å². The van der Waals surface area contributed by atoms with Crippen molar-refractivity contribution in [2.45, 2.75) is 45.6 Å². The molecular formula is C21H26N3O3S+. The van der Waals surface area contributed by atoms with Gasteiger partial charge in [0, 0.05) is 36.4 Å². The predicted molar refractivity (Wildman–Crippen MR) is 113 cm³/mol. The maximum atomic E-state index is 13.2. The summed E-state index contributed by atoms with van der Waals surface area (Å²) in [6.07, 6.45) is 5.81. The van der Waals surface area contributed by atoms with Crippen molar-refractivity contribution in [3.8, 4) is 0 Å². The zero-order valence-electron chi connectivity index (χ0n) is 16.4. The first kappa shape index (κ1) is 21.6. The molecule has 0 radical (unpaired) electrons. The highest BCUT2D eigenvalue weighted by molar-refractivity contribution is 7.80. The molecule has 0 aliphatic carbocycles. The summed E-state index contributed by atoms with van der Waals surface area (Å²) in [5.74, 6) is 0.191. The molecule has 0 aliphatic rings. The predicted octanol–water partition coefficient (Wildman–Crippen LogP) is 4.15. The van der Waals surface area contributed by atoms with Crippen molar-refractivity contribution in [3.63, 3.8) is 0 Å². The third-order valence-corrected chi connectivity index (χ3v) is 5.19. The standard InChI is InChI=1S/C21H25N3O3S/c1-4-15(5-2)16-10-12-23(13-11-16)19(21(28)22-6-3)20(25)17-8-7-9-18(14-17)24(26)27/h7-15,19H,4-6H2,1-3H3/p+1/t19-/m0/s1. The number of thiocarbonyl (C=S) groups is 1. The number of carbonyl (C=O) groups excluding carboxylic acids is 1. The Morgan fingerprint density at radius 3 is 2.36 bits per heavy atom. The average Bonchev–Trinajstić information content (AvgIpc) is 2.70. The fourth-order valence-corrected chi connectivity index (χ4v) is 3.62. The molecule has 0 saturated heterocycles. The summed E-state index contributed by atoms with van der Waals surface area (Å²) in [6, 6.07) is 9.03. The van der Waals surface area contributed by atoms with Crippen LogP contribution in [0.25, 0.3) is 0 Å². The van der Waals surface area contributed by atoms with Crippen LogP contribution in [0.4, 0.5) is 5.69 Å². The molecule has 1 atom stereocenters. The molecule has 0 saturated carbocycles. The summed E-state index contributed by atoms with van der Waals surface area (Å²) in [4.78, 5) is 24.1. The summed E-state index contributed by atoms with van der Waals surface area (Å²) in [5.41, 5.74) is 1.36. The summed E-state index contributed by atoms with van der Waals surface area (Å²) in [6.45, 7) is 6.81. The number of pyridine rings is 1. The lowest BCUT2D eigenvalue weighted by Gasteiger charge is -2.16. The Hall–Kier alpha value is -2.67. The second kappa shape index (κ2) is 10.0. The first-order chi connectivity index (χ1) is 13.4. The number of likely N-dealkylation sites (N-methyl/N-ethyl adjacent to an activating group) is 1. The number of nitro groups is 1. The molecular weight excluding hydrogens is 374 g/mol. The number of carbonyl (C=O) groups is 1. The summed E-state index contributed by atoms with van der Waals surface area (Å²) in [5, 5.41) is 14.1. The second-order valence-corrected chi connectivity index (χ2v) is 7.00. The fourth-order valence-electron chi connectivity index (χ4n) is 3.25. The summed E-state index contributed by atoms with van der Waals surface area (Å²) >= 11 is 5.46. The Kier molecular flexibility index (Phi) is 7.75. The molecule has 0 bridgehead atoms. The number of nitro benzene ring substituents is 1. The first-order valence-electron chi connectivity index (χ1n) is 9.49. The van der Waals surface area contributed by atoms with Gasteiger partial charge in [0.2, 0.25) is 5.78 Å². The van der Waals surface area contributed by atoms with Gasteiger partial charge in [-0.25, -0.2) is 0 Å². The molecule has 1 aromatic carbocycles. The Balaban J connectivity index is 2.42. The van der Waals surface area contributed by atoms with Crippen LogP contribution in [-0.4, -0.2) is 22.2 Å². The van der Waals surface area contributed by atoms with Crippen molar-refractivity contribution >= 4 is 28.7 Å². The molecule has 1 heterocycles. The number of non-ortho nitro benzene ring substituents is 1. The van der Waals surface area contributed by atoms with Crippen molar-refractivity contribution < 1.29 is 14.3 Å². The zero-order chi connectivity index (χ0) is 20.7. The van der Waals surface area contributed by atoms with E-state index in [0.717, 1.165) is 12.8 Å². The number of nitrogens with one attached hydrogen (secondary N) is 1. The summed E-state index contributed by atoms with van der Waals surface area (Å²) < 4.78 is 1.76. The quantitative estimate of drug-likeness (QED) is 0.225. The Morgan fingerprint density at radius 1 is 1.18 bits per heavy atom. The zero-order valence-corrected chi connectivity index (χ0v) is 17.2. The lowest BCUT2D eigenvalue weighted by atomic mass is 9.95. The van der Waals surface area contributed by atoms with E-state index < -0.39 is 11.0 Å². The first-order valence-corrected chi connectivity index (χ1v) is 9.90. The van der Waals surface area contributed by atoms with Crippen LogP contribution in [0.2, 0.25) is 0 Å². The number of rotatable bonds is 9. The minimum atomic E-state index is -0.757. The van der Waals surface area contributed by atoms with E-state index in [1.165, 1.54) is 23.8 Å². The van der Waals surface area contributed by atoms with Gasteiger partial charge in [0.25, 0.3) is 11.7 Å². The minimum Gasteiger partial charge on any atom is -0.374 e. The van der Waals surface area contributed by atoms with E-state index >= 15 is 0 Å². The van der Waals surface area contributed by atoms with E-state index in [4.69, 9.17) is 12.2 Å². The van der Waals surface area contributed by atoms with Crippen LogP contribution in [0.1, 0.15) is 61.5 Å². The second-order valence-electron chi connectivity index (χ2n) is 6.56. The van der Waals surface area contributed by atoms with E-state index in [2.05, 4.69) is 19.2 Å². The molecule has 1 N–H and O–H groups in total. The molecule has 6 nitrogen and oxygen atoms in total.